The Morgan fingerprint density at radius 2 is 1.24 bits per heavy atom. The van der Waals surface area contributed by atoms with Crippen LogP contribution in [0.3, 0.4) is 0 Å². The van der Waals surface area contributed by atoms with Crippen molar-refractivity contribution in [3.8, 4) is 0 Å². The van der Waals surface area contributed by atoms with Crippen molar-refractivity contribution in [3.63, 3.8) is 0 Å². The van der Waals surface area contributed by atoms with E-state index in [0.717, 1.165) is 11.8 Å². The summed E-state index contributed by atoms with van der Waals surface area (Å²) in [7, 11) is 0. The summed E-state index contributed by atoms with van der Waals surface area (Å²) in [4.78, 5) is 0. The Morgan fingerprint density at radius 1 is 0.765 bits per heavy atom. The molecule has 0 heterocycles. The summed E-state index contributed by atoms with van der Waals surface area (Å²) in [6.45, 7) is 10.4. The van der Waals surface area contributed by atoms with Crippen molar-refractivity contribution in [2.75, 3.05) is 0 Å². The second-order valence-corrected chi connectivity index (χ2v) is 4.37. The van der Waals surface area contributed by atoms with Crippen molar-refractivity contribution < 1.29 is 0 Å². The molecule has 0 aromatic heterocycles. The van der Waals surface area contributed by atoms with Gasteiger partial charge in [0.15, 0.2) is 0 Å². The average molecular weight is 234 g/mol. The van der Waals surface area contributed by atoms with E-state index >= 15 is 0 Å². The van der Waals surface area contributed by atoms with Crippen molar-refractivity contribution in [2.45, 2.75) is 66.2 Å². The van der Waals surface area contributed by atoms with E-state index in [1.165, 1.54) is 25.7 Å². The third-order valence-corrected chi connectivity index (χ3v) is 3.29. The molecule has 1 aromatic carbocycles. The SMILES string of the molecule is CC.CC.CC1CCC(c2ccccc2)CC1. The maximum Gasteiger partial charge on any atom is -0.0162 e. The fourth-order valence-electron chi connectivity index (χ4n) is 2.32. The molecule has 0 saturated heterocycles. The lowest BCUT2D eigenvalue weighted by atomic mass is 9.79. The summed E-state index contributed by atoms with van der Waals surface area (Å²) in [5.41, 5.74) is 1.55. The summed E-state index contributed by atoms with van der Waals surface area (Å²) in [5.74, 6) is 1.80. The van der Waals surface area contributed by atoms with Gasteiger partial charge in [-0.05, 0) is 30.2 Å². The van der Waals surface area contributed by atoms with Crippen molar-refractivity contribution in [3.05, 3.63) is 35.9 Å². The molecule has 0 bridgehead atoms. The number of hydrogen-bond donors (Lipinski definition) is 0. The zero-order chi connectivity index (χ0) is 13.1. The van der Waals surface area contributed by atoms with Gasteiger partial charge in [0, 0.05) is 0 Å². The molecule has 1 fully saturated rings. The summed E-state index contributed by atoms with van der Waals surface area (Å²) in [5, 5.41) is 0. The van der Waals surface area contributed by atoms with E-state index in [2.05, 4.69) is 37.3 Å². The Balaban J connectivity index is 0.000000581. The first-order chi connectivity index (χ1) is 8.36. The molecular weight excluding hydrogens is 204 g/mol. The molecule has 0 unspecified atom stereocenters. The predicted molar refractivity (Wildman–Crippen MR) is 79.5 cm³/mol. The van der Waals surface area contributed by atoms with Crippen LogP contribution >= 0.6 is 0 Å². The van der Waals surface area contributed by atoms with E-state index in [1.807, 2.05) is 27.7 Å². The van der Waals surface area contributed by atoms with E-state index in [-0.39, 0.29) is 0 Å². The Bertz CT molecular complexity index is 242. The second kappa shape index (κ2) is 10.4. The maximum absolute atomic E-state index is 2.38. The predicted octanol–water partition coefficient (Wildman–Crippen LogP) is 6.03. The van der Waals surface area contributed by atoms with Crippen molar-refractivity contribution >= 4 is 0 Å². The number of benzene rings is 1. The highest BCUT2D eigenvalue weighted by Crippen LogP contribution is 2.35. The van der Waals surface area contributed by atoms with Crippen LogP contribution in [0.1, 0.15) is 71.8 Å². The summed E-state index contributed by atoms with van der Waals surface area (Å²) >= 11 is 0. The third kappa shape index (κ3) is 5.91. The summed E-state index contributed by atoms with van der Waals surface area (Å²) in [6, 6.07) is 11.0. The van der Waals surface area contributed by atoms with Crippen LogP contribution in [-0.2, 0) is 0 Å². The molecule has 0 spiro atoms. The lowest BCUT2D eigenvalue weighted by molar-refractivity contribution is 0.348. The van der Waals surface area contributed by atoms with Crippen LogP contribution in [0.2, 0.25) is 0 Å². The molecule has 0 heteroatoms. The Kier molecular flexibility index (Phi) is 9.90. The topological polar surface area (TPSA) is 0 Å². The molecular formula is C17H30. The Hall–Kier alpha value is -0.780. The van der Waals surface area contributed by atoms with Gasteiger partial charge in [-0.15, -0.1) is 0 Å². The van der Waals surface area contributed by atoms with Gasteiger partial charge in [-0.1, -0.05) is 77.8 Å². The van der Waals surface area contributed by atoms with E-state index < -0.39 is 0 Å². The van der Waals surface area contributed by atoms with Gasteiger partial charge in [0.1, 0.15) is 0 Å². The summed E-state index contributed by atoms with van der Waals surface area (Å²) < 4.78 is 0. The zero-order valence-corrected chi connectivity index (χ0v) is 12.4. The van der Waals surface area contributed by atoms with E-state index in [4.69, 9.17) is 0 Å². The monoisotopic (exact) mass is 234 g/mol. The van der Waals surface area contributed by atoms with E-state index in [0.29, 0.717) is 0 Å². The van der Waals surface area contributed by atoms with E-state index in [9.17, 15) is 0 Å². The van der Waals surface area contributed by atoms with Gasteiger partial charge in [-0.2, -0.15) is 0 Å². The lowest BCUT2D eigenvalue weighted by Crippen LogP contribution is -2.10. The fourth-order valence-corrected chi connectivity index (χ4v) is 2.32. The molecule has 17 heavy (non-hydrogen) atoms. The third-order valence-electron chi connectivity index (χ3n) is 3.29. The molecule has 1 saturated carbocycles. The molecule has 98 valence electrons. The van der Waals surface area contributed by atoms with Gasteiger partial charge in [0.2, 0.25) is 0 Å². The lowest BCUT2D eigenvalue weighted by Gasteiger charge is -2.26. The minimum Gasteiger partial charge on any atom is -0.0683 e. The molecule has 2 rings (SSSR count). The van der Waals surface area contributed by atoms with Gasteiger partial charge in [-0.25, -0.2) is 0 Å². The molecule has 1 aliphatic rings. The van der Waals surface area contributed by atoms with E-state index in [1.54, 1.807) is 5.56 Å². The fraction of sp³-hybridized carbons (Fsp3) is 0.647. The van der Waals surface area contributed by atoms with Crippen molar-refractivity contribution in [2.24, 2.45) is 5.92 Å². The first kappa shape index (κ1) is 16.2. The molecule has 0 radical (unpaired) electrons. The molecule has 1 aliphatic carbocycles. The second-order valence-electron chi connectivity index (χ2n) is 4.37. The average Bonchev–Trinajstić information content (AvgIpc) is 2.45. The quantitative estimate of drug-likeness (QED) is 0.556. The first-order valence-electron chi connectivity index (χ1n) is 7.41. The minimum absolute atomic E-state index is 0.845. The van der Waals surface area contributed by atoms with Crippen molar-refractivity contribution in [1.82, 2.24) is 0 Å². The normalized spacial score (nSPS) is 22.6. The number of hydrogen-bond acceptors (Lipinski definition) is 0. The highest BCUT2D eigenvalue weighted by molar-refractivity contribution is 5.19. The Labute approximate surface area is 108 Å². The standard InChI is InChI=1S/C13H18.2C2H6/c1-11-7-9-13(10-8-11)12-5-3-2-4-6-12;2*1-2/h2-6,11,13H,7-10H2,1H3;2*1-2H3. The first-order valence-corrected chi connectivity index (χ1v) is 7.41. The van der Waals surface area contributed by atoms with Crippen LogP contribution in [0.15, 0.2) is 30.3 Å². The van der Waals surface area contributed by atoms with Crippen molar-refractivity contribution in [1.29, 1.82) is 0 Å². The Morgan fingerprint density at radius 3 is 1.71 bits per heavy atom. The molecule has 0 N–H and O–H groups in total. The van der Waals surface area contributed by atoms with Gasteiger partial charge in [0.25, 0.3) is 0 Å². The molecule has 0 atom stereocenters. The molecule has 0 nitrogen and oxygen atoms in total. The molecule has 0 aliphatic heterocycles. The molecule has 1 aromatic rings. The minimum atomic E-state index is 0.845. The van der Waals surface area contributed by atoms with Crippen LogP contribution in [0.5, 0.6) is 0 Å². The van der Waals surface area contributed by atoms with Crippen LogP contribution in [0.25, 0.3) is 0 Å². The summed E-state index contributed by atoms with van der Waals surface area (Å²) in [6.07, 6.45) is 5.62. The van der Waals surface area contributed by atoms with Gasteiger partial charge in [-0.3, -0.25) is 0 Å². The van der Waals surface area contributed by atoms with Gasteiger partial charge < -0.3 is 0 Å². The van der Waals surface area contributed by atoms with Crippen LogP contribution < -0.4 is 0 Å². The maximum atomic E-state index is 2.38. The van der Waals surface area contributed by atoms with Gasteiger partial charge >= 0.3 is 0 Å². The largest absolute Gasteiger partial charge is 0.0683 e. The highest BCUT2D eigenvalue weighted by atomic mass is 14.2. The molecule has 0 amide bonds. The van der Waals surface area contributed by atoms with Crippen LogP contribution in [0.4, 0.5) is 0 Å². The van der Waals surface area contributed by atoms with Crippen LogP contribution in [-0.4, -0.2) is 0 Å². The smallest absolute Gasteiger partial charge is 0.0162 e. The van der Waals surface area contributed by atoms with Crippen LogP contribution in [0, 0.1) is 5.92 Å². The van der Waals surface area contributed by atoms with Gasteiger partial charge in [0.05, 0.1) is 0 Å². The highest BCUT2D eigenvalue weighted by Gasteiger charge is 2.18. The zero-order valence-electron chi connectivity index (χ0n) is 12.4. The number of rotatable bonds is 1.